The molecule has 7 nitrogen and oxygen atoms in total. The van der Waals surface area contributed by atoms with Crippen LogP contribution in [0.5, 0.6) is 0 Å². The van der Waals surface area contributed by atoms with Crippen LogP contribution in [-0.4, -0.2) is 45.6 Å². The molecule has 1 N–H and O–H groups in total. The van der Waals surface area contributed by atoms with Crippen molar-refractivity contribution in [2.75, 3.05) is 13.6 Å². The van der Waals surface area contributed by atoms with E-state index in [9.17, 15) is 9.59 Å². The standard InChI is InChI=1S/C12H13N3O4/c1-7-9-5-8(6-13-11(9)19-14-7)12(18)15(2)4-3-10(16)17/h5-6H,3-4H2,1-2H3,(H,16,17). The van der Waals surface area contributed by atoms with Crippen molar-refractivity contribution in [1.82, 2.24) is 15.0 Å². The Kier molecular flexibility index (Phi) is 3.46. The molecule has 2 aromatic heterocycles. The average Bonchev–Trinajstić information content (AvgIpc) is 2.76. The number of carboxylic acids is 1. The molecule has 0 radical (unpaired) electrons. The van der Waals surface area contributed by atoms with Crippen LogP contribution < -0.4 is 0 Å². The molecular weight excluding hydrogens is 250 g/mol. The largest absolute Gasteiger partial charge is 0.481 e. The summed E-state index contributed by atoms with van der Waals surface area (Å²) in [7, 11) is 1.55. The summed E-state index contributed by atoms with van der Waals surface area (Å²) in [6.07, 6.45) is 1.30. The third-order valence-corrected chi connectivity index (χ3v) is 2.76. The van der Waals surface area contributed by atoms with Crippen LogP contribution in [0.15, 0.2) is 16.8 Å². The minimum Gasteiger partial charge on any atom is -0.481 e. The number of aromatic nitrogens is 2. The molecule has 2 rings (SSSR count). The number of hydrogen-bond donors (Lipinski definition) is 1. The van der Waals surface area contributed by atoms with Gasteiger partial charge in [-0.1, -0.05) is 5.16 Å². The van der Waals surface area contributed by atoms with Gasteiger partial charge < -0.3 is 14.5 Å². The second-order valence-corrected chi connectivity index (χ2v) is 4.22. The highest BCUT2D eigenvalue weighted by molar-refractivity contribution is 5.97. The molecule has 0 spiro atoms. The first-order valence-corrected chi connectivity index (χ1v) is 5.68. The maximum absolute atomic E-state index is 12.1. The van der Waals surface area contributed by atoms with E-state index in [0.717, 1.165) is 0 Å². The summed E-state index contributed by atoms with van der Waals surface area (Å²) in [5.74, 6) is -1.22. The monoisotopic (exact) mass is 263 g/mol. The third kappa shape index (κ3) is 2.70. The van der Waals surface area contributed by atoms with E-state index in [4.69, 9.17) is 9.63 Å². The average molecular weight is 263 g/mol. The number of nitrogens with zero attached hydrogens (tertiary/aromatic N) is 3. The van der Waals surface area contributed by atoms with E-state index in [1.807, 2.05) is 0 Å². The number of carbonyl (C=O) groups is 2. The lowest BCUT2D eigenvalue weighted by Gasteiger charge is -2.15. The Labute approximate surface area is 108 Å². The molecule has 0 atom stereocenters. The molecular formula is C12H13N3O4. The molecule has 0 aliphatic heterocycles. The van der Waals surface area contributed by atoms with E-state index in [1.54, 1.807) is 20.0 Å². The maximum Gasteiger partial charge on any atom is 0.305 e. The summed E-state index contributed by atoms with van der Waals surface area (Å²) in [5, 5.41) is 13.0. The third-order valence-electron chi connectivity index (χ3n) is 2.76. The molecule has 2 aromatic rings. The Morgan fingerprint density at radius 2 is 2.21 bits per heavy atom. The van der Waals surface area contributed by atoms with Gasteiger partial charge in [-0.05, 0) is 13.0 Å². The van der Waals surface area contributed by atoms with Crippen molar-refractivity contribution in [2.45, 2.75) is 13.3 Å². The topological polar surface area (TPSA) is 96.5 Å². The summed E-state index contributed by atoms with van der Waals surface area (Å²) < 4.78 is 4.96. The lowest BCUT2D eigenvalue weighted by molar-refractivity contribution is -0.137. The van der Waals surface area contributed by atoms with Gasteiger partial charge in [-0.2, -0.15) is 0 Å². The molecule has 0 saturated heterocycles. The summed E-state index contributed by atoms with van der Waals surface area (Å²) in [4.78, 5) is 27.9. The highest BCUT2D eigenvalue weighted by atomic mass is 16.5. The minimum absolute atomic E-state index is 0.0930. The Balaban J connectivity index is 2.20. The van der Waals surface area contributed by atoms with Crippen LogP contribution in [0.25, 0.3) is 11.1 Å². The van der Waals surface area contributed by atoms with Crippen molar-refractivity contribution in [3.05, 3.63) is 23.5 Å². The number of aliphatic carboxylic acids is 1. The predicted octanol–water partition coefficient (Wildman–Crippen LogP) is 1.08. The number of fused-ring (bicyclic) bond motifs is 1. The van der Waals surface area contributed by atoms with E-state index in [0.29, 0.717) is 22.4 Å². The van der Waals surface area contributed by atoms with Crippen molar-refractivity contribution in [1.29, 1.82) is 0 Å². The van der Waals surface area contributed by atoms with Crippen LogP contribution in [0.1, 0.15) is 22.5 Å². The lowest BCUT2D eigenvalue weighted by atomic mass is 10.2. The quantitative estimate of drug-likeness (QED) is 0.886. The maximum atomic E-state index is 12.1. The normalized spacial score (nSPS) is 10.6. The van der Waals surface area contributed by atoms with Gasteiger partial charge >= 0.3 is 5.97 Å². The molecule has 0 aromatic carbocycles. The van der Waals surface area contributed by atoms with E-state index in [-0.39, 0.29) is 18.9 Å². The number of hydrogen-bond acceptors (Lipinski definition) is 5. The Bertz CT molecular complexity index is 635. The first-order chi connectivity index (χ1) is 8.99. The summed E-state index contributed by atoms with van der Waals surface area (Å²) in [6.45, 7) is 1.91. The van der Waals surface area contributed by atoms with Crippen molar-refractivity contribution in [3.8, 4) is 0 Å². The molecule has 0 aliphatic rings. The second kappa shape index (κ2) is 5.05. The molecule has 19 heavy (non-hydrogen) atoms. The zero-order valence-electron chi connectivity index (χ0n) is 10.6. The van der Waals surface area contributed by atoms with Gasteiger partial charge in [0.1, 0.15) is 0 Å². The molecule has 7 heteroatoms. The molecule has 0 saturated carbocycles. The fraction of sp³-hybridized carbons (Fsp3) is 0.333. The Hall–Kier alpha value is -2.44. The van der Waals surface area contributed by atoms with Crippen molar-refractivity contribution in [3.63, 3.8) is 0 Å². The number of carboxylic acid groups (broad SMARTS) is 1. The smallest absolute Gasteiger partial charge is 0.305 e. The van der Waals surface area contributed by atoms with E-state index in [2.05, 4.69) is 10.1 Å². The molecule has 2 heterocycles. The van der Waals surface area contributed by atoms with E-state index < -0.39 is 5.97 Å². The summed E-state index contributed by atoms with van der Waals surface area (Å²) in [6, 6.07) is 1.65. The zero-order valence-corrected chi connectivity index (χ0v) is 10.6. The number of aryl methyl sites for hydroxylation is 1. The van der Waals surface area contributed by atoms with Gasteiger partial charge in [0.25, 0.3) is 11.6 Å². The fourth-order valence-electron chi connectivity index (χ4n) is 1.65. The zero-order chi connectivity index (χ0) is 14.0. The molecule has 0 aliphatic carbocycles. The SMILES string of the molecule is Cc1noc2ncc(C(=O)N(C)CCC(=O)O)cc12. The van der Waals surface area contributed by atoms with Crippen molar-refractivity contribution >= 4 is 23.0 Å². The van der Waals surface area contributed by atoms with Crippen molar-refractivity contribution < 1.29 is 19.2 Å². The Morgan fingerprint density at radius 1 is 1.47 bits per heavy atom. The van der Waals surface area contributed by atoms with Gasteiger partial charge in [0.05, 0.1) is 23.1 Å². The van der Waals surface area contributed by atoms with E-state index in [1.165, 1.54) is 11.1 Å². The van der Waals surface area contributed by atoms with Gasteiger partial charge in [-0.15, -0.1) is 0 Å². The van der Waals surface area contributed by atoms with Gasteiger partial charge in [-0.3, -0.25) is 9.59 Å². The highest BCUT2D eigenvalue weighted by Crippen LogP contribution is 2.17. The van der Waals surface area contributed by atoms with Gasteiger partial charge in [0.2, 0.25) is 0 Å². The Morgan fingerprint density at radius 3 is 2.89 bits per heavy atom. The van der Waals surface area contributed by atoms with Gasteiger partial charge in [0.15, 0.2) is 0 Å². The summed E-state index contributed by atoms with van der Waals surface area (Å²) >= 11 is 0. The number of amides is 1. The second-order valence-electron chi connectivity index (χ2n) is 4.22. The predicted molar refractivity (Wildman–Crippen MR) is 65.8 cm³/mol. The highest BCUT2D eigenvalue weighted by Gasteiger charge is 2.15. The van der Waals surface area contributed by atoms with Crippen LogP contribution >= 0.6 is 0 Å². The first kappa shape index (κ1) is 13.0. The van der Waals surface area contributed by atoms with Gasteiger partial charge in [0, 0.05) is 19.8 Å². The first-order valence-electron chi connectivity index (χ1n) is 5.68. The van der Waals surface area contributed by atoms with Gasteiger partial charge in [-0.25, -0.2) is 4.98 Å². The van der Waals surface area contributed by atoms with Crippen LogP contribution in [0.2, 0.25) is 0 Å². The summed E-state index contributed by atoms with van der Waals surface area (Å²) in [5.41, 5.74) is 1.42. The van der Waals surface area contributed by atoms with Crippen LogP contribution in [0.4, 0.5) is 0 Å². The molecule has 0 unspecified atom stereocenters. The fourth-order valence-corrected chi connectivity index (χ4v) is 1.65. The lowest BCUT2D eigenvalue weighted by Crippen LogP contribution is -2.29. The molecule has 0 bridgehead atoms. The number of pyridine rings is 1. The number of rotatable bonds is 4. The van der Waals surface area contributed by atoms with Crippen molar-refractivity contribution in [2.24, 2.45) is 0 Å². The number of carbonyl (C=O) groups excluding carboxylic acids is 1. The van der Waals surface area contributed by atoms with Crippen LogP contribution in [0.3, 0.4) is 0 Å². The molecule has 0 fully saturated rings. The van der Waals surface area contributed by atoms with Crippen LogP contribution in [0, 0.1) is 6.92 Å². The molecule has 1 amide bonds. The van der Waals surface area contributed by atoms with E-state index >= 15 is 0 Å². The minimum atomic E-state index is -0.942. The molecule has 100 valence electrons. The van der Waals surface area contributed by atoms with Crippen LogP contribution in [-0.2, 0) is 4.79 Å².